The molecule has 0 radical (unpaired) electrons. The Labute approximate surface area is 153 Å². The Hall–Kier alpha value is -2.50. The maximum Gasteiger partial charge on any atom is 0.267 e. The number of nitrogens with zero attached hydrogens (tertiary/aromatic N) is 1. The second-order valence-electron chi connectivity index (χ2n) is 5.89. The van der Waals surface area contributed by atoms with Gasteiger partial charge in [-0.2, -0.15) is 5.10 Å². The molecule has 0 unspecified atom stereocenters. The Morgan fingerprint density at radius 2 is 1.88 bits per heavy atom. The van der Waals surface area contributed by atoms with E-state index in [1.807, 2.05) is 30.3 Å². The van der Waals surface area contributed by atoms with E-state index in [1.165, 1.54) is 20.2 Å². The molecule has 0 aliphatic rings. The van der Waals surface area contributed by atoms with Crippen molar-refractivity contribution in [2.45, 2.75) is 13.3 Å². The molecule has 3 heterocycles. The first-order valence-electron chi connectivity index (χ1n) is 7.97. The third-order valence-electron chi connectivity index (χ3n) is 4.02. The predicted octanol–water partition coefficient (Wildman–Crippen LogP) is 5.13. The minimum Gasteiger partial charge on any atom is -0.268 e. The lowest BCUT2D eigenvalue weighted by Gasteiger charge is -2.04. The van der Waals surface area contributed by atoms with Gasteiger partial charge in [0.15, 0.2) is 0 Å². The fourth-order valence-corrected chi connectivity index (χ4v) is 4.53. The van der Waals surface area contributed by atoms with Crippen molar-refractivity contribution in [3.8, 4) is 21.0 Å². The summed E-state index contributed by atoms with van der Waals surface area (Å²) < 4.78 is 0. The topological polar surface area (TPSA) is 45.8 Å². The molecule has 0 aliphatic carbocycles. The van der Waals surface area contributed by atoms with Gasteiger partial charge in [-0.3, -0.25) is 4.79 Å². The number of aromatic amines is 1. The molecule has 0 spiro atoms. The molecule has 0 atom stereocenters. The van der Waals surface area contributed by atoms with Crippen LogP contribution in [0, 0.1) is 6.92 Å². The van der Waals surface area contributed by atoms with Crippen molar-refractivity contribution in [1.29, 1.82) is 0 Å². The summed E-state index contributed by atoms with van der Waals surface area (Å²) in [7, 11) is 0. The van der Waals surface area contributed by atoms with Crippen LogP contribution in [-0.2, 0) is 6.42 Å². The highest BCUT2D eigenvalue weighted by Gasteiger charge is 2.09. The lowest BCUT2D eigenvalue weighted by Crippen LogP contribution is -2.14. The van der Waals surface area contributed by atoms with Gasteiger partial charge in [-0.15, -0.1) is 22.7 Å². The van der Waals surface area contributed by atoms with Crippen LogP contribution in [0.2, 0.25) is 0 Å². The fourth-order valence-electron chi connectivity index (χ4n) is 2.66. The molecule has 0 saturated heterocycles. The van der Waals surface area contributed by atoms with Crippen molar-refractivity contribution < 1.29 is 0 Å². The van der Waals surface area contributed by atoms with Gasteiger partial charge < -0.3 is 0 Å². The lowest BCUT2D eigenvalue weighted by molar-refractivity contribution is 0.959. The zero-order valence-corrected chi connectivity index (χ0v) is 15.3. The van der Waals surface area contributed by atoms with Crippen LogP contribution >= 0.6 is 22.7 Å². The Kier molecular flexibility index (Phi) is 4.34. The average Bonchev–Trinajstić information content (AvgIpc) is 3.29. The highest BCUT2D eigenvalue weighted by atomic mass is 32.1. The molecule has 0 saturated carbocycles. The van der Waals surface area contributed by atoms with Crippen LogP contribution in [0.1, 0.15) is 16.0 Å². The second kappa shape index (κ2) is 6.78. The number of hydrogen-bond donors (Lipinski definition) is 1. The zero-order valence-electron chi connectivity index (χ0n) is 13.7. The summed E-state index contributed by atoms with van der Waals surface area (Å²) in [6, 6.07) is 18.5. The molecule has 1 aromatic carbocycles. The van der Waals surface area contributed by atoms with E-state index in [-0.39, 0.29) is 5.56 Å². The van der Waals surface area contributed by atoms with Gasteiger partial charge in [-0.05, 0) is 36.6 Å². The van der Waals surface area contributed by atoms with Crippen LogP contribution in [0.4, 0.5) is 0 Å². The van der Waals surface area contributed by atoms with Gasteiger partial charge in [0, 0.05) is 32.2 Å². The number of thiophene rings is 2. The summed E-state index contributed by atoms with van der Waals surface area (Å²) in [4.78, 5) is 15.9. The van der Waals surface area contributed by atoms with Crippen molar-refractivity contribution >= 4 is 22.7 Å². The van der Waals surface area contributed by atoms with Crippen LogP contribution < -0.4 is 5.56 Å². The first kappa shape index (κ1) is 16.0. The summed E-state index contributed by atoms with van der Waals surface area (Å²) in [5, 5.41) is 8.91. The maximum absolute atomic E-state index is 12.2. The predicted molar refractivity (Wildman–Crippen MR) is 105 cm³/mol. The van der Waals surface area contributed by atoms with E-state index in [9.17, 15) is 4.79 Å². The summed E-state index contributed by atoms with van der Waals surface area (Å²) >= 11 is 3.47. The Balaban J connectivity index is 1.63. The summed E-state index contributed by atoms with van der Waals surface area (Å²) in [5.74, 6) is 0. The van der Waals surface area contributed by atoms with Crippen molar-refractivity contribution in [2.75, 3.05) is 0 Å². The normalized spacial score (nSPS) is 10.9. The number of benzene rings is 1. The van der Waals surface area contributed by atoms with E-state index >= 15 is 0 Å². The Bertz CT molecular complexity index is 1040. The first-order chi connectivity index (χ1) is 12.2. The SMILES string of the molecule is Cc1ccc(-c2cc(Cc3ccc(-c4cccs4)s3)c(=O)[nH]n2)cc1. The lowest BCUT2D eigenvalue weighted by atomic mass is 10.1. The van der Waals surface area contributed by atoms with Gasteiger partial charge in [-0.25, -0.2) is 5.10 Å². The Morgan fingerprint density at radius 1 is 1.04 bits per heavy atom. The monoisotopic (exact) mass is 364 g/mol. The number of aromatic nitrogens is 2. The van der Waals surface area contributed by atoms with E-state index in [0.717, 1.165) is 16.8 Å². The summed E-state index contributed by atoms with van der Waals surface area (Å²) in [6.07, 6.45) is 0.618. The van der Waals surface area contributed by atoms with E-state index in [1.54, 1.807) is 22.7 Å². The van der Waals surface area contributed by atoms with Crippen LogP contribution in [-0.4, -0.2) is 10.2 Å². The van der Waals surface area contributed by atoms with Gasteiger partial charge in [0.2, 0.25) is 0 Å². The first-order valence-corrected chi connectivity index (χ1v) is 9.67. The number of H-pyrrole nitrogens is 1. The molecular formula is C20H16N2OS2. The average molecular weight is 364 g/mol. The number of hydrogen-bond acceptors (Lipinski definition) is 4. The smallest absolute Gasteiger partial charge is 0.267 e. The zero-order chi connectivity index (χ0) is 17.2. The van der Waals surface area contributed by atoms with E-state index in [2.05, 4.69) is 46.8 Å². The van der Waals surface area contributed by atoms with Gasteiger partial charge in [0.1, 0.15) is 0 Å². The molecule has 1 N–H and O–H groups in total. The molecule has 3 nitrogen and oxygen atoms in total. The van der Waals surface area contributed by atoms with Gasteiger partial charge in [0.25, 0.3) is 5.56 Å². The number of nitrogens with one attached hydrogen (secondary N) is 1. The van der Waals surface area contributed by atoms with Gasteiger partial charge in [-0.1, -0.05) is 35.9 Å². The molecule has 4 rings (SSSR count). The van der Waals surface area contributed by atoms with Crippen LogP contribution in [0.25, 0.3) is 21.0 Å². The molecule has 0 aliphatic heterocycles. The van der Waals surface area contributed by atoms with Crippen molar-refractivity contribution in [3.63, 3.8) is 0 Å². The van der Waals surface area contributed by atoms with Crippen molar-refractivity contribution in [1.82, 2.24) is 10.2 Å². The number of rotatable bonds is 4. The summed E-state index contributed by atoms with van der Waals surface area (Å²) in [5.41, 5.74) is 3.62. The minimum absolute atomic E-state index is 0.123. The highest BCUT2D eigenvalue weighted by Crippen LogP contribution is 2.32. The molecule has 25 heavy (non-hydrogen) atoms. The molecule has 0 bridgehead atoms. The van der Waals surface area contributed by atoms with Crippen molar-refractivity contribution in [2.24, 2.45) is 0 Å². The maximum atomic E-state index is 12.2. The number of aryl methyl sites for hydroxylation is 1. The Morgan fingerprint density at radius 3 is 2.64 bits per heavy atom. The van der Waals surface area contributed by atoms with Gasteiger partial charge in [0.05, 0.1) is 5.69 Å². The highest BCUT2D eigenvalue weighted by molar-refractivity contribution is 7.21. The quantitative estimate of drug-likeness (QED) is 0.546. The summed E-state index contributed by atoms with van der Waals surface area (Å²) in [6.45, 7) is 2.05. The van der Waals surface area contributed by atoms with E-state index < -0.39 is 0 Å². The van der Waals surface area contributed by atoms with E-state index in [4.69, 9.17) is 0 Å². The fraction of sp³-hybridized carbons (Fsp3) is 0.100. The molecule has 5 heteroatoms. The standard InChI is InChI=1S/C20H16N2OS2/c1-13-4-6-14(7-5-13)17-12-15(20(23)22-21-17)11-16-8-9-19(25-16)18-3-2-10-24-18/h2-10,12H,11H2,1H3,(H,22,23). The molecule has 0 amide bonds. The molecule has 0 fully saturated rings. The van der Waals surface area contributed by atoms with Crippen LogP contribution in [0.5, 0.6) is 0 Å². The third-order valence-corrected chi connectivity index (χ3v) is 6.17. The van der Waals surface area contributed by atoms with Crippen molar-refractivity contribution in [3.05, 3.63) is 86.3 Å². The van der Waals surface area contributed by atoms with Crippen LogP contribution in [0.3, 0.4) is 0 Å². The second-order valence-corrected chi connectivity index (χ2v) is 8.01. The van der Waals surface area contributed by atoms with Gasteiger partial charge >= 0.3 is 0 Å². The molecule has 3 aromatic heterocycles. The molecule has 4 aromatic rings. The molecule has 124 valence electrons. The largest absolute Gasteiger partial charge is 0.268 e. The van der Waals surface area contributed by atoms with E-state index in [0.29, 0.717) is 6.42 Å². The minimum atomic E-state index is -0.123. The third kappa shape index (κ3) is 3.48. The molecular weight excluding hydrogens is 348 g/mol. The van der Waals surface area contributed by atoms with Crippen LogP contribution in [0.15, 0.2) is 64.8 Å².